The molecule has 1 heterocycles. The first-order valence-corrected chi connectivity index (χ1v) is 7.63. The summed E-state index contributed by atoms with van der Waals surface area (Å²) in [5, 5.41) is 3.48. The Bertz CT molecular complexity index is 467. The van der Waals surface area contributed by atoms with Gasteiger partial charge >= 0.3 is 5.97 Å². The van der Waals surface area contributed by atoms with Crippen LogP contribution in [0.2, 0.25) is 0 Å². The minimum Gasteiger partial charge on any atom is -0.459 e. The Morgan fingerprint density at radius 1 is 1.33 bits per heavy atom. The minimum atomic E-state index is -0.593. The number of hydrogen-bond donors (Lipinski definition) is 2. The fourth-order valence-electron chi connectivity index (χ4n) is 2.73. The van der Waals surface area contributed by atoms with E-state index in [1.165, 1.54) is 5.56 Å². The van der Waals surface area contributed by atoms with Gasteiger partial charge < -0.3 is 15.8 Å². The zero-order valence-corrected chi connectivity index (χ0v) is 13.1. The second-order valence-corrected chi connectivity index (χ2v) is 6.80. The van der Waals surface area contributed by atoms with Crippen molar-refractivity contribution in [3.63, 3.8) is 0 Å². The quantitative estimate of drug-likeness (QED) is 0.833. The molecule has 0 bridgehead atoms. The van der Waals surface area contributed by atoms with Crippen molar-refractivity contribution >= 4 is 5.97 Å². The third kappa shape index (κ3) is 4.83. The molecule has 4 heteroatoms. The molecule has 0 aromatic heterocycles. The van der Waals surface area contributed by atoms with Gasteiger partial charge in [0, 0.05) is 12.1 Å². The van der Waals surface area contributed by atoms with Crippen molar-refractivity contribution in [2.75, 3.05) is 0 Å². The highest BCUT2D eigenvalue weighted by atomic mass is 16.6. The molecule has 1 saturated heterocycles. The van der Waals surface area contributed by atoms with Gasteiger partial charge in [-0.1, -0.05) is 30.3 Å². The summed E-state index contributed by atoms with van der Waals surface area (Å²) in [6.07, 6.45) is 2.92. The second kappa shape index (κ2) is 6.58. The molecule has 1 fully saturated rings. The lowest BCUT2D eigenvalue weighted by atomic mass is 10.0. The standard InChI is InChI=1S/C17H26N2O2/c1-17(2,3)21-16(20)15(18)14-10-9-13(19-14)11-12-7-5-4-6-8-12/h4-8,13-15,19H,9-11,18H2,1-3H3. The zero-order chi connectivity index (χ0) is 15.5. The van der Waals surface area contributed by atoms with Gasteiger partial charge in [-0.25, -0.2) is 0 Å². The second-order valence-electron chi connectivity index (χ2n) is 6.80. The van der Waals surface area contributed by atoms with E-state index in [1.54, 1.807) is 0 Å². The van der Waals surface area contributed by atoms with E-state index >= 15 is 0 Å². The van der Waals surface area contributed by atoms with Crippen LogP contribution in [-0.4, -0.2) is 29.7 Å². The van der Waals surface area contributed by atoms with E-state index in [0.29, 0.717) is 6.04 Å². The number of carbonyl (C=O) groups is 1. The smallest absolute Gasteiger partial charge is 0.325 e. The van der Waals surface area contributed by atoms with Crippen LogP contribution in [0.5, 0.6) is 0 Å². The molecule has 3 unspecified atom stereocenters. The van der Waals surface area contributed by atoms with E-state index in [4.69, 9.17) is 10.5 Å². The van der Waals surface area contributed by atoms with E-state index < -0.39 is 11.6 Å². The lowest BCUT2D eigenvalue weighted by Gasteiger charge is -2.25. The Balaban J connectivity index is 1.85. The number of nitrogens with two attached hydrogens (primary N) is 1. The third-order valence-corrected chi connectivity index (χ3v) is 3.71. The molecular weight excluding hydrogens is 264 g/mol. The molecule has 2 rings (SSSR count). The van der Waals surface area contributed by atoms with Gasteiger partial charge in [-0.15, -0.1) is 0 Å². The summed E-state index contributed by atoms with van der Waals surface area (Å²) in [5.41, 5.74) is 6.87. The Hall–Kier alpha value is -1.39. The molecule has 0 saturated carbocycles. The van der Waals surface area contributed by atoms with Crippen LogP contribution in [0.3, 0.4) is 0 Å². The summed E-state index contributed by atoms with van der Waals surface area (Å²) in [4.78, 5) is 12.0. The molecule has 21 heavy (non-hydrogen) atoms. The molecule has 1 aliphatic heterocycles. The van der Waals surface area contributed by atoms with Crippen LogP contribution in [0.4, 0.5) is 0 Å². The van der Waals surface area contributed by atoms with Crippen LogP contribution in [-0.2, 0) is 16.0 Å². The molecular formula is C17H26N2O2. The van der Waals surface area contributed by atoms with Crippen molar-refractivity contribution in [3.8, 4) is 0 Å². The number of rotatable bonds is 4. The molecule has 1 aromatic carbocycles. The van der Waals surface area contributed by atoms with E-state index in [1.807, 2.05) is 39.0 Å². The van der Waals surface area contributed by atoms with E-state index in [2.05, 4.69) is 17.4 Å². The highest BCUT2D eigenvalue weighted by Crippen LogP contribution is 2.19. The summed E-state index contributed by atoms with van der Waals surface area (Å²) in [5.74, 6) is -0.319. The van der Waals surface area contributed by atoms with Crippen molar-refractivity contribution in [1.29, 1.82) is 0 Å². The fraction of sp³-hybridized carbons (Fsp3) is 0.588. The van der Waals surface area contributed by atoms with Gasteiger partial charge in [0.15, 0.2) is 0 Å². The van der Waals surface area contributed by atoms with Crippen LogP contribution in [0.25, 0.3) is 0 Å². The van der Waals surface area contributed by atoms with Crippen LogP contribution in [0.1, 0.15) is 39.2 Å². The molecule has 116 valence electrons. The Kier molecular flexibility index (Phi) is 5.01. The third-order valence-electron chi connectivity index (χ3n) is 3.71. The predicted octanol–water partition coefficient (Wildman–Crippen LogP) is 2.02. The monoisotopic (exact) mass is 290 g/mol. The lowest BCUT2D eigenvalue weighted by Crippen LogP contribution is -2.50. The highest BCUT2D eigenvalue weighted by Gasteiger charge is 2.34. The van der Waals surface area contributed by atoms with Crippen LogP contribution in [0, 0.1) is 0 Å². The number of ether oxygens (including phenoxy) is 1. The first-order chi connectivity index (χ1) is 9.85. The maximum atomic E-state index is 12.0. The van der Waals surface area contributed by atoms with Gasteiger partial charge in [-0.3, -0.25) is 4.79 Å². The number of carbonyl (C=O) groups excluding carboxylic acids is 1. The molecule has 4 nitrogen and oxygen atoms in total. The topological polar surface area (TPSA) is 64.3 Å². The molecule has 1 aliphatic rings. The van der Waals surface area contributed by atoms with Crippen LogP contribution in [0.15, 0.2) is 30.3 Å². The summed E-state index contributed by atoms with van der Waals surface area (Å²) in [6.45, 7) is 5.58. The Morgan fingerprint density at radius 2 is 2.00 bits per heavy atom. The first kappa shape index (κ1) is 16.0. The number of esters is 1. The minimum absolute atomic E-state index is 0.00793. The summed E-state index contributed by atoms with van der Waals surface area (Å²) < 4.78 is 5.36. The van der Waals surface area contributed by atoms with Gasteiger partial charge in [0.05, 0.1) is 0 Å². The largest absolute Gasteiger partial charge is 0.459 e. The van der Waals surface area contributed by atoms with Gasteiger partial charge in [-0.05, 0) is 45.6 Å². The number of benzene rings is 1. The summed E-state index contributed by atoms with van der Waals surface area (Å²) in [7, 11) is 0. The lowest BCUT2D eigenvalue weighted by molar-refractivity contribution is -0.157. The van der Waals surface area contributed by atoms with Gasteiger partial charge in [0.1, 0.15) is 11.6 Å². The van der Waals surface area contributed by atoms with Gasteiger partial charge in [0.2, 0.25) is 0 Å². The molecule has 0 radical (unpaired) electrons. The van der Waals surface area contributed by atoms with Crippen molar-refractivity contribution in [1.82, 2.24) is 5.32 Å². The summed E-state index contributed by atoms with van der Waals surface area (Å²) >= 11 is 0. The van der Waals surface area contributed by atoms with E-state index in [9.17, 15) is 4.79 Å². The van der Waals surface area contributed by atoms with E-state index in [0.717, 1.165) is 19.3 Å². The predicted molar refractivity (Wildman–Crippen MR) is 83.9 cm³/mol. The van der Waals surface area contributed by atoms with E-state index in [-0.39, 0.29) is 12.0 Å². The number of hydrogen-bond acceptors (Lipinski definition) is 4. The van der Waals surface area contributed by atoms with Crippen molar-refractivity contribution in [3.05, 3.63) is 35.9 Å². The normalized spacial score (nSPS) is 23.8. The average molecular weight is 290 g/mol. The Labute approximate surface area is 127 Å². The molecule has 3 N–H and O–H groups in total. The molecule has 3 atom stereocenters. The van der Waals surface area contributed by atoms with Gasteiger partial charge in [0.25, 0.3) is 0 Å². The van der Waals surface area contributed by atoms with Crippen molar-refractivity contribution in [2.45, 2.75) is 63.8 Å². The first-order valence-electron chi connectivity index (χ1n) is 7.63. The van der Waals surface area contributed by atoms with Crippen LogP contribution < -0.4 is 11.1 Å². The van der Waals surface area contributed by atoms with Crippen LogP contribution >= 0.6 is 0 Å². The number of nitrogens with one attached hydrogen (secondary N) is 1. The molecule has 1 aromatic rings. The molecule has 0 spiro atoms. The molecule has 0 amide bonds. The Morgan fingerprint density at radius 3 is 2.62 bits per heavy atom. The van der Waals surface area contributed by atoms with Crippen molar-refractivity contribution in [2.24, 2.45) is 5.73 Å². The SMILES string of the molecule is CC(C)(C)OC(=O)C(N)C1CCC(Cc2ccccc2)N1. The van der Waals surface area contributed by atoms with Crippen molar-refractivity contribution < 1.29 is 9.53 Å². The highest BCUT2D eigenvalue weighted by molar-refractivity contribution is 5.77. The maximum absolute atomic E-state index is 12.0. The maximum Gasteiger partial charge on any atom is 0.325 e. The summed E-state index contributed by atoms with van der Waals surface area (Å²) in [6, 6.07) is 10.2. The fourth-order valence-corrected chi connectivity index (χ4v) is 2.73. The van der Waals surface area contributed by atoms with Gasteiger partial charge in [-0.2, -0.15) is 0 Å². The zero-order valence-electron chi connectivity index (χ0n) is 13.1. The molecule has 0 aliphatic carbocycles. The average Bonchev–Trinajstić information content (AvgIpc) is 2.85.